The second kappa shape index (κ2) is 12.7. The van der Waals surface area contributed by atoms with Crippen LogP contribution in [0.1, 0.15) is 24.2 Å². The number of para-hydroxylation sites is 1. The molecule has 0 aliphatic heterocycles. The molecule has 11 rings (SSSR count). The summed E-state index contributed by atoms with van der Waals surface area (Å²) in [7, 11) is 0. The van der Waals surface area contributed by atoms with Crippen LogP contribution in [0.2, 0.25) is 0 Å². The minimum absolute atomic E-state index is 0.619. The van der Waals surface area contributed by atoms with Gasteiger partial charge in [0.2, 0.25) is 0 Å². The van der Waals surface area contributed by atoms with Gasteiger partial charge in [-0.3, -0.25) is 4.98 Å². The molecule has 0 unspecified atom stereocenters. The van der Waals surface area contributed by atoms with Crippen LogP contribution in [-0.4, -0.2) is 19.9 Å². The van der Waals surface area contributed by atoms with Gasteiger partial charge in [-0.05, 0) is 86.3 Å². The molecule has 5 heteroatoms. The maximum absolute atomic E-state index is 6.31. The Labute approximate surface area is 317 Å². The lowest BCUT2D eigenvalue weighted by atomic mass is 9.91. The molecule has 258 valence electrons. The topological polar surface area (TPSA) is 64.7 Å². The van der Waals surface area contributed by atoms with E-state index in [1.807, 2.05) is 42.7 Å². The van der Waals surface area contributed by atoms with Crippen molar-refractivity contribution in [3.63, 3.8) is 0 Å². The molecule has 3 heterocycles. The number of benzene rings is 7. The summed E-state index contributed by atoms with van der Waals surface area (Å²) >= 11 is 0. The molecule has 0 bridgehead atoms. The highest BCUT2D eigenvalue weighted by atomic mass is 16.3. The van der Waals surface area contributed by atoms with E-state index in [1.165, 1.54) is 26.9 Å². The molecule has 0 atom stereocenters. The van der Waals surface area contributed by atoms with E-state index in [-0.39, 0.29) is 0 Å². The molecule has 0 saturated carbocycles. The van der Waals surface area contributed by atoms with Crippen LogP contribution in [0.3, 0.4) is 0 Å². The predicted molar refractivity (Wildman–Crippen MR) is 225 cm³/mol. The SMILES string of the molecule is C1=CC(c2ccccc2)=C(c2nc(-c3cccc(-c4cccc5ccc6c7cnccc7ccc6c45)c3)nc(-c3cccc4oc5ccccc5c34)n2)CC1. The average Bonchev–Trinajstić information content (AvgIpc) is 3.65. The third kappa shape index (κ3) is 5.24. The monoisotopic (exact) mass is 704 g/mol. The van der Waals surface area contributed by atoms with Crippen molar-refractivity contribution in [3.8, 4) is 33.9 Å². The van der Waals surface area contributed by atoms with Gasteiger partial charge in [-0.25, -0.2) is 15.0 Å². The Kier molecular flexibility index (Phi) is 7.24. The zero-order valence-corrected chi connectivity index (χ0v) is 29.8. The summed E-state index contributed by atoms with van der Waals surface area (Å²) in [5.41, 5.74) is 9.13. The average molecular weight is 705 g/mol. The van der Waals surface area contributed by atoms with Crippen LogP contribution in [0.5, 0.6) is 0 Å². The quantitative estimate of drug-likeness (QED) is 0.167. The Hall–Kier alpha value is -7.24. The fourth-order valence-corrected chi connectivity index (χ4v) is 8.34. The number of fused-ring (bicyclic) bond motifs is 8. The van der Waals surface area contributed by atoms with Gasteiger partial charge in [-0.2, -0.15) is 0 Å². The third-order valence-corrected chi connectivity index (χ3v) is 10.9. The summed E-state index contributed by atoms with van der Waals surface area (Å²) in [5, 5.41) is 9.17. The lowest BCUT2D eigenvalue weighted by molar-refractivity contribution is 0.669. The van der Waals surface area contributed by atoms with Crippen LogP contribution in [-0.2, 0) is 0 Å². The summed E-state index contributed by atoms with van der Waals surface area (Å²) in [4.78, 5) is 20.3. The first-order chi connectivity index (χ1) is 27.3. The van der Waals surface area contributed by atoms with Gasteiger partial charge in [-0.15, -0.1) is 0 Å². The normalized spacial score (nSPS) is 13.2. The van der Waals surface area contributed by atoms with Gasteiger partial charge in [-0.1, -0.05) is 133 Å². The summed E-state index contributed by atoms with van der Waals surface area (Å²) < 4.78 is 6.31. The van der Waals surface area contributed by atoms with Crippen LogP contribution in [0.25, 0.3) is 99.3 Å². The Morgan fingerprint density at radius 2 is 1.22 bits per heavy atom. The molecule has 7 aromatic carbocycles. The number of allylic oxidation sites excluding steroid dienone is 4. The summed E-state index contributed by atoms with van der Waals surface area (Å²) in [6, 6.07) is 50.9. The standard InChI is InChI=1S/C50H32N4O/c1-2-11-31(12-3-1)36-16-4-5-17-40(36)49-52-48(53-50(54-49)42-20-10-22-45-47(42)41-18-6-7-21-44(41)55-45)35-15-8-14-34(29-35)37-19-9-13-33-24-25-38-39(46(33)37)26-23-32-27-28-51-30-43(32)38/h1-4,6-16,18-30H,5,17H2. The maximum atomic E-state index is 6.31. The van der Waals surface area contributed by atoms with Crippen molar-refractivity contribution in [2.24, 2.45) is 0 Å². The third-order valence-electron chi connectivity index (χ3n) is 10.9. The molecule has 55 heavy (non-hydrogen) atoms. The Morgan fingerprint density at radius 3 is 2.18 bits per heavy atom. The number of rotatable bonds is 5. The lowest BCUT2D eigenvalue weighted by Crippen LogP contribution is -2.06. The van der Waals surface area contributed by atoms with E-state index in [9.17, 15) is 0 Å². The van der Waals surface area contributed by atoms with E-state index in [2.05, 4.69) is 132 Å². The molecular weight excluding hydrogens is 673 g/mol. The fraction of sp³-hybridized carbons (Fsp3) is 0.0400. The van der Waals surface area contributed by atoms with Crippen molar-refractivity contribution < 1.29 is 4.42 Å². The highest BCUT2D eigenvalue weighted by Gasteiger charge is 2.21. The largest absolute Gasteiger partial charge is 0.456 e. The highest BCUT2D eigenvalue weighted by Crippen LogP contribution is 2.40. The van der Waals surface area contributed by atoms with Gasteiger partial charge >= 0.3 is 0 Å². The number of furan rings is 1. The van der Waals surface area contributed by atoms with Gasteiger partial charge in [0.25, 0.3) is 0 Å². The van der Waals surface area contributed by atoms with Crippen LogP contribution < -0.4 is 0 Å². The predicted octanol–water partition coefficient (Wildman–Crippen LogP) is 12.9. The van der Waals surface area contributed by atoms with E-state index in [1.54, 1.807) is 0 Å². The highest BCUT2D eigenvalue weighted by molar-refractivity contribution is 6.21. The minimum atomic E-state index is 0.619. The van der Waals surface area contributed by atoms with E-state index in [0.717, 1.165) is 79.1 Å². The summed E-state index contributed by atoms with van der Waals surface area (Å²) in [6.07, 6.45) is 10.0. The molecule has 0 saturated heterocycles. The van der Waals surface area contributed by atoms with Crippen molar-refractivity contribution in [2.45, 2.75) is 12.8 Å². The first kappa shape index (κ1) is 31.3. The number of nitrogens with zero attached hydrogens (tertiary/aromatic N) is 4. The molecule has 5 nitrogen and oxygen atoms in total. The number of aromatic nitrogens is 4. The zero-order chi connectivity index (χ0) is 36.3. The number of hydrogen-bond donors (Lipinski definition) is 0. The second-order valence-corrected chi connectivity index (χ2v) is 14.1. The first-order valence-corrected chi connectivity index (χ1v) is 18.7. The van der Waals surface area contributed by atoms with Crippen LogP contribution in [0, 0.1) is 0 Å². The van der Waals surface area contributed by atoms with Gasteiger partial charge in [0.05, 0.1) is 0 Å². The lowest BCUT2D eigenvalue weighted by Gasteiger charge is -2.17. The molecule has 0 fully saturated rings. The number of pyridine rings is 1. The zero-order valence-electron chi connectivity index (χ0n) is 29.8. The molecule has 0 spiro atoms. The fourth-order valence-electron chi connectivity index (χ4n) is 8.34. The molecular formula is C50H32N4O. The van der Waals surface area contributed by atoms with E-state index in [4.69, 9.17) is 19.4 Å². The maximum Gasteiger partial charge on any atom is 0.164 e. The van der Waals surface area contributed by atoms with Crippen molar-refractivity contribution >= 4 is 65.4 Å². The molecule has 0 N–H and O–H groups in total. The molecule has 1 aliphatic carbocycles. The van der Waals surface area contributed by atoms with E-state index < -0.39 is 0 Å². The van der Waals surface area contributed by atoms with Crippen LogP contribution in [0.4, 0.5) is 0 Å². The number of hydrogen-bond acceptors (Lipinski definition) is 5. The molecule has 1 aliphatic rings. The van der Waals surface area contributed by atoms with Crippen LogP contribution >= 0.6 is 0 Å². The van der Waals surface area contributed by atoms with Gasteiger partial charge < -0.3 is 4.42 Å². The van der Waals surface area contributed by atoms with Gasteiger partial charge in [0, 0.05) is 45.3 Å². The molecule has 10 aromatic rings. The van der Waals surface area contributed by atoms with E-state index in [0.29, 0.717) is 17.5 Å². The van der Waals surface area contributed by atoms with Crippen molar-refractivity contribution in [3.05, 3.63) is 182 Å². The first-order valence-electron chi connectivity index (χ1n) is 18.7. The van der Waals surface area contributed by atoms with Crippen LogP contribution in [0.15, 0.2) is 175 Å². The second-order valence-electron chi connectivity index (χ2n) is 14.1. The van der Waals surface area contributed by atoms with Gasteiger partial charge in [0.15, 0.2) is 17.5 Å². The Bertz CT molecular complexity index is 3210. The van der Waals surface area contributed by atoms with Gasteiger partial charge in [0.1, 0.15) is 11.2 Å². The molecule has 0 radical (unpaired) electrons. The van der Waals surface area contributed by atoms with Crippen molar-refractivity contribution in [1.82, 2.24) is 19.9 Å². The molecule has 0 amide bonds. The summed E-state index contributed by atoms with van der Waals surface area (Å²) in [5.74, 6) is 1.94. The van der Waals surface area contributed by atoms with Crippen molar-refractivity contribution in [1.29, 1.82) is 0 Å². The Morgan fingerprint density at radius 1 is 0.473 bits per heavy atom. The van der Waals surface area contributed by atoms with E-state index >= 15 is 0 Å². The minimum Gasteiger partial charge on any atom is -0.456 e. The Balaban J connectivity index is 1.14. The smallest absolute Gasteiger partial charge is 0.164 e. The molecule has 3 aromatic heterocycles. The summed E-state index contributed by atoms with van der Waals surface area (Å²) in [6.45, 7) is 0. The van der Waals surface area contributed by atoms with Crippen molar-refractivity contribution in [2.75, 3.05) is 0 Å².